The van der Waals surface area contributed by atoms with Crippen molar-refractivity contribution in [2.45, 2.75) is 32.1 Å². The summed E-state index contributed by atoms with van der Waals surface area (Å²) in [4.78, 5) is 25.4. The third kappa shape index (κ3) is 4.30. The summed E-state index contributed by atoms with van der Waals surface area (Å²) >= 11 is 4.65. The minimum absolute atomic E-state index is 0.0988. The topological polar surface area (TPSA) is 46.6 Å². The molecule has 3 rings (SSSR count). The number of aryl methyl sites for hydroxylation is 1. The minimum atomic E-state index is -0.339. The van der Waals surface area contributed by atoms with Crippen LogP contribution >= 0.6 is 27.7 Å². The summed E-state index contributed by atoms with van der Waals surface area (Å²) in [5, 5.41) is -0.492. The maximum Gasteiger partial charge on any atom is 0.289 e. The van der Waals surface area contributed by atoms with E-state index in [2.05, 4.69) is 47.1 Å². The van der Waals surface area contributed by atoms with Crippen molar-refractivity contribution in [3.8, 4) is 5.75 Å². The van der Waals surface area contributed by atoms with E-state index in [4.69, 9.17) is 4.74 Å². The highest BCUT2D eigenvalue weighted by Gasteiger charge is 2.38. The number of hydrogen-bond donors (Lipinski definition) is 0. The Kier molecular flexibility index (Phi) is 6.04. The Bertz CT molecular complexity index is 822. The van der Waals surface area contributed by atoms with Gasteiger partial charge in [0.15, 0.2) is 0 Å². The molecule has 2 amide bonds. The van der Waals surface area contributed by atoms with Gasteiger partial charge in [0.05, 0.1) is 9.72 Å². The zero-order chi connectivity index (χ0) is 18.7. The predicted octanol–water partition coefficient (Wildman–Crippen LogP) is 4.96. The summed E-state index contributed by atoms with van der Waals surface area (Å²) in [7, 11) is 0. The highest BCUT2D eigenvalue weighted by Crippen LogP contribution is 2.32. The monoisotopic (exact) mass is 433 g/mol. The van der Waals surface area contributed by atoms with Crippen LogP contribution in [0.5, 0.6) is 5.75 Å². The van der Waals surface area contributed by atoms with Crippen molar-refractivity contribution in [3.05, 3.63) is 63.6 Å². The van der Waals surface area contributed by atoms with Gasteiger partial charge in [-0.05, 0) is 59.5 Å². The summed E-state index contributed by atoms with van der Waals surface area (Å²) in [6.07, 6.45) is 0.530. The van der Waals surface area contributed by atoms with Gasteiger partial charge in [0.1, 0.15) is 12.4 Å². The number of nitrogens with zero attached hydrogens (tertiary/aromatic N) is 1. The number of carbonyl (C=O) groups excluding carboxylic acids is 2. The summed E-state index contributed by atoms with van der Waals surface area (Å²) < 4.78 is 6.72. The second kappa shape index (κ2) is 8.27. The number of amides is 2. The quantitative estimate of drug-likeness (QED) is 0.645. The lowest BCUT2D eigenvalue weighted by Gasteiger charge is -2.12. The van der Waals surface area contributed by atoms with Crippen LogP contribution in [0.15, 0.2) is 46.9 Å². The first kappa shape index (κ1) is 19.0. The second-order valence-corrected chi connectivity index (χ2v) is 8.21. The van der Waals surface area contributed by atoms with Gasteiger partial charge >= 0.3 is 0 Å². The maximum absolute atomic E-state index is 12.2. The molecule has 0 unspecified atom stereocenters. The zero-order valence-corrected chi connectivity index (χ0v) is 17.1. The van der Waals surface area contributed by atoms with E-state index in [9.17, 15) is 9.59 Å². The fourth-order valence-electron chi connectivity index (χ4n) is 2.76. The molecule has 0 spiro atoms. The van der Waals surface area contributed by atoms with Crippen LogP contribution in [0.25, 0.3) is 0 Å². The van der Waals surface area contributed by atoms with Gasteiger partial charge < -0.3 is 4.74 Å². The van der Waals surface area contributed by atoms with Gasteiger partial charge in [0.2, 0.25) is 5.91 Å². The SMILES string of the molecule is CCN1C(=O)S[C@@H](Cc2ccc(OCc3ccc(C)cc3)c(Br)c2)C1=O. The van der Waals surface area contributed by atoms with Gasteiger partial charge in [-0.15, -0.1) is 0 Å². The Morgan fingerprint density at radius 3 is 2.42 bits per heavy atom. The van der Waals surface area contributed by atoms with E-state index in [1.807, 2.05) is 25.1 Å². The highest BCUT2D eigenvalue weighted by atomic mass is 79.9. The number of halogens is 1. The van der Waals surface area contributed by atoms with E-state index in [0.29, 0.717) is 19.6 Å². The van der Waals surface area contributed by atoms with Crippen molar-refractivity contribution in [2.75, 3.05) is 6.54 Å². The van der Waals surface area contributed by atoms with E-state index >= 15 is 0 Å². The number of rotatable bonds is 6. The van der Waals surface area contributed by atoms with Crippen LogP contribution in [0.2, 0.25) is 0 Å². The number of carbonyl (C=O) groups is 2. The molecule has 0 N–H and O–H groups in total. The molecule has 136 valence electrons. The number of imide groups is 1. The molecule has 1 aliphatic heterocycles. The van der Waals surface area contributed by atoms with Gasteiger partial charge in [0, 0.05) is 6.54 Å². The summed E-state index contributed by atoms with van der Waals surface area (Å²) in [5.41, 5.74) is 3.33. The first-order chi connectivity index (χ1) is 12.5. The first-order valence-electron chi connectivity index (χ1n) is 8.46. The summed E-state index contributed by atoms with van der Waals surface area (Å²) in [6.45, 7) is 4.79. The molecule has 4 nitrogen and oxygen atoms in total. The molecule has 0 radical (unpaired) electrons. The molecule has 1 saturated heterocycles. The normalized spacial score (nSPS) is 17.0. The van der Waals surface area contributed by atoms with Gasteiger partial charge in [0.25, 0.3) is 5.24 Å². The standard InChI is InChI=1S/C20H20BrNO3S/c1-3-22-19(23)18(26-20(22)24)11-15-8-9-17(16(21)10-15)25-12-14-6-4-13(2)5-7-14/h4-10,18H,3,11-12H2,1-2H3/t18-/m0/s1. The molecular weight excluding hydrogens is 414 g/mol. The van der Waals surface area contributed by atoms with Crippen molar-refractivity contribution in [1.82, 2.24) is 4.90 Å². The number of thioether (sulfide) groups is 1. The van der Waals surface area contributed by atoms with Gasteiger partial charge in [-0.3, -0.25) is 14.5 Å². The molecule has 0 saturated carbocycles. The van der Waals surface area contributed by atoms with Crippen LogP contribution in [0, 0.1) is 6.92 Å². The molecule has 1 heterocycles. The lowest BCUT2D eigenvalue weighted by molar-refractivity contribution is -0.126. The van der Waals surface area contributed by atoms with Crippen LogP contribution in [0.1, 0.15) is 23.6 Å². The van der Waals surface area contributed by atoms with E-state index in [1.54, 1.807) is 0 Å². The Morgan fingerprint density at radius 2 is 1.81 bits per heavy atom. The Morgan fingerprint density at radius 1 is 1.12 bits per heavy atom. The minimum Gasteiger partial charge on any atom is -0.488 e. The van der Waals surface area contributed by atoms with Crippen molar-refractivity contribution in [3.63, 3.8) is 0 Å². The molecule has 1 atom stereocenters. The number of hydrogen-bond acceptors (Lipinski definition) is 4. The molecule has 1 aliphatic rings. The van der Waals surface area contributed by atoms with Crippen LogP contribution in [-0.4, -0.2) is 27.8 Å². The van der Waals surface area contributed by atoms with Gasteiger partial charge in [-0.1, -0.05) is 47.7 Å². The van der Waals surface area contributed by atoms with E-state index in [0.717, 1.165) is 33.1 Å². The highest BCUT2D eigenvalue weighted by molar-refractivity contribution is 9.10. The van der Waals surface area contributed by atoms with Gasteiger partial charge in [-0.2, -0.15) is 0 Å². The van der Waals surface area contributed by atoms with Crippen molar-refractivity contribution < 1.29 is 14.3 Å². The number of benzene rings is 2. The molecule has 26 heavy (non-hydrogen) atoms. The zero-order valence-electron chi connectivity index (χ0n) is 14.7. The van der Waals surface area contributed by atoms with Crippen molar-refractivity contribution >= 4 is 38.8 Å². The molecule has 2 aromatic rings. The van der Waals surface area contributed by atoms with E-state index < -0.39 is 0 Å². The van der Waals surface area contributed by atoms with Crippen LogP contribution in [-0.2, 0) is 17.8 Å². The summed E-state index contributed by atoms with van der Waals surface area (Å²) in [6, 6.07) is 14.0. The van der Waals surface area contributed by atoms with Crippen LogP contribution in [0.4, 0.5) is 4.79 Å². The van der Waals surface area contributed by atoms with Crippen LogP contribution in [0.3, 0.4) is 0 Å². The van der Waals surface area contributed by atoms with E-state index in [-0.39, 0.29) is 16.4 Å². The lowest BCUT2D eigenvalue weighted by atomic mass is 10.1. The maximum atomic E-state index is 12.2. The largest absolute Gasteiger partial charge is 0.488 e. The lowest BCUT2D eigenvalue weighted by Crippen LogP contribution is -2.31. The predicted molar refractivity (Wildman–Crippen MR) is 108 cm³/mol. The molecule has 1 fully saturated rings. The second-order valence-electron chi connectivity index (χ2n) is 6.20. The average Bonchev–Trinajstić information content (AvgIpc) is 2.88. The third-order valence-corrected chi connectivity index (χ3v) is 5.95. The Balaban J connectivity index is 1.63. The van der Waals surface area contributed by atoms with Crippen molar-refractivity contribution in [2.24, 2.45) is 0 Å². The van der Waals surface area contributed by atoms with E-state index in [1.165, 1.54) is 10.5 Å². The fourth-order valence-corrected chi connectivity index (χ4v) is 4.40. The average molecular weight is 434 g/mol. The Labute approximate surface area is 166 Å². The van der Waals surface area contributed by atoms with Crippen LogP contribution < -0.4 is 4.74 Å². The molecule has 0 aliphatic carbocycles. The van der Waals surface area contributed by atoms with Gasteiger partial charge in [-0.25, -0.2) is 0 Å². The van der Waals surface area contributed by atoms with Crippen molar-refractivity contribution in [1.29, 1.82) is 0 Å². The molecular formula is C20H20BrNO3S. The summed E-state index contributed by atoms with van der Waals surface area (Å²) in [5.74, 6) is 0.657. The molecule has 6 heteroatoms. The Hall–Kier alpha value is -1.79. The molecule has 0 aromatic heterocycles. The number of ether oxygens (including phenoxy) is 1. The first-order valence-corrected chi connectivity index (χ1v) is 10.1. The fraction of sp³-hybridized carbons (Fsp3) is 0.300. The molecule has 2 aromatic carbocycles. The third-order valence-electron chi connectivity index (χ3n) is 4.25. The molecule has 0 bridgehead atoms. The smallest absolute Gasteiger partial charge is 0.289 e.